The minimum Gasteiger partial charge on any atom is -0.507 e. The molecule has 3 fully saturated rings. The van der Waals surface area contributed by atoms with Gasteiger partial charge >= 0.3 is 0 Å². The predicted molar refractivity (Wildman–Crippen MR) is 271 cm³/mol. The topological polar surface area (TPSA) is 156 Å². The van der Waals surface area contributed by atoms with E-state index < -0.39 is 11.9 Å². The van der Waals surface area contributed by atoms with Crippen LogP contribution in [0.5, 0.6) is 5.75 Å². The second-order valence-electron chi connectivity index (χ2n) is 18.2. The van der Waals surface area contributed by atoms with E-state index in [-0.39, 0.29) is 47.9 Å². The molecule has 2 atom stereocenters. The summed E-state index contributed by atoms with van der Waals surface area (Å²) in [5.74, 6) is 0.337. The highest BCUT2D eigenvalue weighted by Gasteiger charge is 2.41. The van der Waals surface area contributed by atoms with E-state index in [0.29, 0.717) is 40.8 Å². The lowest BCUT2D eigenvalue weighted by molar-refractivity contribution is -0.134. The van der Waals surface area contributed by atoms with Crippen LogP contribution in [0.3, 0.4) is 0 Å². The molecule has 4 aromatic carbocycles. The van der Waals surface area contributed by atoms with Gasteiger partial charge in [0.25, 0.3) is 5.91 Å². The standard InChI is InChI=1S/C51H54ClN7O6S2/c1-30(61)47-46(65-24-23-60)45(52)48(67-47)33-7-5-8-34(26-33)55-35-19-22-58(51(2,3)27-35)66-28-31-11-13-39(53-4)40(25-31)54-29-57-20-17-32(18-21-57)36-12-14-41-44-37(36)9-6-10-38(44)50(64)59(41)42-15-16-43(62)56-49(42)63/h5-14,23,25-26,32,35,42,54-55,61H,1,4,15-22,24,27-29H2,2-3H3,(H,56,62,63). The molecule has 0 bridgehead atoms. The Morgan fingerprint density at radius 3 is 2.60 bits per heavy atom. The molecule has 67 heavy (non-hydrogen) atoms. The zero-order valence-corrected chi connectivity index (χ0v) is 40.0. The van der Waals surface area contributed by atoms with Crippen molar-refractivity contribution in [3.8, 4) is 16.2 Å². The molecule has 3 saturated heterocycles. The molecule has 0 spiro atoms. The van der Waals surface area contributed by atoms with Crippen molar-refractivity contribution in [2.75, 3.05) is 48.4 Å². The number of aliphatic hydroxyl groups is 1. The summed E-state index contributed by atoms with van der Waals surface area (Å²) in [6.07, 6.45) is 5.01. The summed E-state index contributed by atoms with van der Waals surface area (Å²) in [6.45, 7) is 15.3. The van der Waals surface area contributed by atoms with Crippen molar-refractivity contribution in [2.24, 2.45) is 4.99 Å². The lowest BCUT2D eigenvalue weighted by atomic mass is 9.85. The number of nitrogens with one attached hydrogen (secondary N) is 3. The molecule has 2 unspecified atom stereocenters. The number of nitrogens with zero attached hydrogens (tertiary/aromatic N) is 4. The quantitative estimate of drug-likeness (QED) is 0.0246. The van der Waals surface area contributed by atoms with E-state index in [1.807, 2.05) is 54.4 Å². The minimum absolute atomic E-state index is 0.0767. The summed E-state index contributed by atoms with van der Waals surface area (Å²) in [6, 6.07) is 24.0. The molecule has 13 nitrogen and oxygen atoms in total. The molecule has 9 rings (SSSR count). The Bertz CT molecular complexity index is 2790. The number of ether oxygens (including phenoxy) is 1. The van der Waals surface area contributed by atoms with Gasteiger partial charge in [-0.3, -0.25) is 39.3 Å². The first kappa shape index (κ1) is 46.4. The van der Waals surface area contributed by atoms with Crippen LogP contribution in [0, 0.1) is 0 Å². The van der Waals surface area contributed by atoms with E-state index >= 15 is 0 Å². The molecule has 16 heteroatoms. The number of aldehydes is 1. The summed E-state index contributed by atoms with van der Waals surface area (Å²) in [7, 11) is 0. The highest BCUT2D eigenvalue weighted by Crippen LogP contribution is 2.48. The first-order valence-corrected chi connectivity index (χ1v) is 24.8. The molecular weight excluding hydrogens is 906 g/mol. The first-order valence-electron chi connectivity index (χ1n) is 22.7. The number of carbonyl (C=O) groups is 4. The van der Waals surface area contributed by atoms with Gasteiger partial charge < -0.3 is 20.5 Å². The van der Waals surface area contributed by atoms with E-state index in [2.05, 4.69) is 87.6 Å². The molecular formula is C51H54ClN7O6S2. The molecule has 0 radical (unpaired) electrons. The SMILES string of the molecule is C=Nc1ccc(CSN2CCC(Nc3cccc(-c4sc(C(=C)O)c(OCC=O)c4Cl)c3)CC2(C)C)cc1NCN1CCC(c2ccc3c4c(cccc24)C(=O)N3C2CCC(=O)NC2=O)CC1. The zero-order valence-electron chi connectivity index (χ0n) is 37.6. The number of carbonyl (C=O) groups excluding carboxylic acids is 4. The highest BCUT2D eigenvalue weighted by atomic mass is 35.5. The molecule has 348 valence electrons. The van der Waals surface area contributed by atoms with Crippen molar-refractivity contribution in [3.05, 3.63) is 106 Å². The Hall–Kier alpha value is -5.71. The average Bonchev–Trinajstić information content (AvgIpc) is 3.80. The Morgan fingerprint density at radius 2 is 1.85 bits per heavy atom. The Morgan fingerprint density at radius 1 is 1.04 bits per heavy atom. The lowest BCUT2D eigenvalue weighted by Gasteiger charge is -2.45. The molecule has 5 aromatic rings. The summed E-state index contributed by atoms with van der Waals surface area (Å²) < 4.78 is 8.05. The number of likely N-dealkylation sites (tertiary alicyclic amines) is 1. The van der Waals surface area contributed by atoms with E-state index in [1.54, 1.807) is 4.90 Å². The van der Waals surface area contributed by atoms with Gasteiger partial charge in [-0.2, -0.15) is 0 Å². The zero-order chi connectivity index (χ0) is 47.0. The van der Waals surface area contributed by atoms with Crippen LogP contribution >= 0.6 is 34.9 Å². The van der Waals surface area contributed by atoms with Crippen molar-refractivity contribution in [3.63, 3.8) is 0 Å². The number of amides is 3. The third-order valence-electron chi connectivity index (χ3n) is 13.4. The normalized spacial score (nSPS) is 19.9. The molecule has 4 N–H and O–H groups in total. The number of thiophene rings is 1. The van der Waals surface area contributed by atoms with Gasteiger partial charge in [0.05, 0.1) is 28.6 Å². The molecule has 4 aliphatic rings. The van der Waals surface area contributed by atoms with Crippen molar-refractivity contribution < 1.29 is 29.0 Å². The summed E-state index contributed by atoms with van der Waals surface area (Å²) in [5.41, 5.74) is 7.35. The molecule has 4 aliphatic heterocycles. The van der Waals surface area contributed by atoms with Crippen LogP contribution < -0.4 is 25.6 Å². The van der Waals surface area contributed by atoms with Crippen LogP contribution in [-0.4, -0.2) is 95.6 Å². The number of halogens is 1. The van der Waals surface area contributed by atoms with Gasteiger partial charge in [0, 0.05) is 60.0 Å². The van der Waals surface area contributed by atoms with E-state index in [0.717, 1.165) is 95.0 Å². The molecule has 5 heterocycles. The largest absolute Gasteiger partial charge is 0.507 e. The third kappa shape index (κ3) is 9.44. The van der Waals surface area contributed by atoms with Crippen molar-refractivity contribution in [1.82, 2.24) is 14.5 Å². The van der Waals surface area contributed by atoms with Crippen LogP contribution in [0.1, 0.15) is 84.7 Å². The minimum atomic E-state index is -0.701. The predicted octanol–water partition coefficient (Wildman–Crippen LogP) is 10.2. The van der Waals surface area contributed by atoms with Crippen molar-refractivity contribution in [2.45, 2.75) is 81.7 Å². The number of aliphatic imine (C=N–C) groups is 1. The summed E-state index contributed by atoms with van der Waals surface area (Å²) in [5, 5.41) is 22.3. The summed E-state index contributed by atoms with van der Waals surface area (Å²) >= 11 is 9.84. The van der Waals surface area contributed by atoms with E-state index in [4.69, 9.17) is 16.3 Å². The second-order valence-corrected chi connectivity index (χ2v) is 20.6. The van der Waals surface area contributed by atoms with E-state index in [1.165, 1.54) is 22.5 Å². The fraction of sp³-hybridized carbons (Fsp3) is 0.353. The second kappa shape index (κ2) is 19.5. The smallest absolute Gasteiger partial charge is 0.259 e. The summed E-state index contributed by atoms with van der Waals surface area (Å²) in [4.78, 5) is 58.8. The van der Waals surface area contributed by atoms with Crippen molar-refractivity contribution >= 4 is 105 Å². The number of anilines is 3. The first-order chi connectivity index (χ1) is 32.3. The number of imide groups is 1. The van der Waals surface area contributed by atoms with Crippen LogP contribution in [0.15, 0.2) is 84.4 Å². The fourth-order valence-corrected chi connectivity index (χ4v) is 12.7. The molecule has 0 aliphatic carbocycles. The molecule has 1 aromatic heterocycles. The fourth-order valence-electron chi connectivity index (χ4n) is 10.1. The van der Waals surface area contributed by atoms with Crippen LogP contribution in [0.2, 0.25) is 5.02 Å². The Balaban J connectivity index is 0.785. The monoisotopic (exact) mass is 959 g/mol. The molecule has 3 amide bonds. The number of aliphatic hydroxyl groups excluding tert-OH is 1. The lowest BCUT2D eigenvalue weighted by Crippen LogP contribution is -2.53. The highest BCUT2D eigenvalue weighted by molar-refractivity contribution is 7.96. The maximum Gasteiger partial charge on any atom is 0.259 e. The van der Waals surface area contributed by atoms with Crippen LogP contribution in [0.4, 0.5) is 22.7 Å². The third-order valence-corrected chi connectivity index (χ3v) is 16.6. The average molecular weight is 961 g/mol. The maximum absolute atomic E-state index is 13.7. The van der Waals surface area contributed by atoms with Gasteiger partial charge in [-0.1, -0.05) is 66.5 Å². The van der Waals surface area contributed by atoms with Crippen LogP contribution in [0.25, 0.3) is 27.0 Å². The number of rotatable bonds is 16. The van der Waals surface area contributed by atoms with Crippen LogP contribution in [-0.2, 0) is 20.1 Å². The van der Waals surface area contributed by atoms with Gasteiger partial charge in [-0.25, -0.2) is 4.31 Å². The van der Waals surface area contributed by atoms with E-state index in [9.17, 15) is 24.3 Å². The Labute approximate surface area is 403 Å². The van der Waals surface area contributed by atoms with Gasteiger partial charge in [-0.15, -0.1) is 11.3 Å². The number of benzene rings is 4. The van der Waals surface area contributed by atoms with Crippen molar-refractivity contribution in [1.29, 1.82) is 0 Å². The Kier molecular flexibility index (Phi) is 13.5. The number of hydrogen-bond acceptors (Lipinski definition) is 13. The molecule has 0 saturated carbocycles. The number of piperidine rings is 3. The van der Waals surface area contributed by atoms with Gasteiger partial charge in [0.15, 0.2) is 12.0 Å². The van der Waals surface area contributed by atoms with Gasteiger partial charge in [0.2, 0.25) is 11.8 Å². The number of hydrogen-bond donors (Lipinski definition) is 4. The van der Waals surface area contributed by atoms with Gasteiger partial charge in [-0.05, 0) is 117 Å². The maximum atomic E-state index is 13.7. The van der Waals surface area contributed by atoms with Gasteiger partial charge in [0.1, 0.15) is 28.3 Å².